The van der Waals surface area contributed by atoms with Gasteiger partial charge in [-0.25, -0.2) is 0 Å². The summed E-state index contributed by atoms with van der Waals surface area (Å²) in [6.45, 7) is 10.4. The molecule has 0 aliphatic carbocycles. The van der Waals surface area contributed by atoms with E-state index in [1.165, 1.54) is 0 Å². The van der Waals surface area contributed by atoms with Crippen LogP contribution in [0.4, 0.5) is 0 Å². The van der Waals surface area contributed by atoms with E-state index in [2.05, 4.69) is 33.0 Å². The lowest BCUT2D eigenvalue weighted by atomic mass is 10.1. The summed E-state index contributed by atoms with van der Waals surface area (Å²) in [5.74, 6) is 3.25. The average molecular weight is 414 g/mol. The van der Waals surface area contributed by atoms with Gasteiger partial charge in [-0.3, -0.25) is 4.79 Å². The molecule has 0 aliphatic heterocycles. The zero-order valence-corrected chi connectivity index (χ0v) is 18.9. The van der Waals surface area contributed by atoms with Gasteiger partial charge in [-0.05, 0) is 66.6 Å². The van der Waals surface area contributed by atoms with E-state index < -0.39 is 0 Å². The Morgan fingerprint density at radius 1 is 0.867 bits per heavy atom. The monoisotopic (exact) mass is 413 g/mol. The maximum atomic E-state index is 12.5. The highest BCUT2D eigenvalue weighted by molar-refractivity contribution is 5.94. The van der Waals surface area contributed by atoms with Crippen LogP contribution in [-0.4, -0.2) is 26.2 Å². The van der Waals surface area contributed by atoms with Crippen LogP contribution in [-0.2, 0) is 6.54 Å². The molecule has 0 aromatic heterocycles. The molecule has 0 heterocycles. The van der Waals surface area contributed by atoms with Crippen LogP contribution in [0.3, 0.4) is 0 Å². The van der Waals surface area contributed by atoms with Crippen LogP contribution in [0.15, 0.2) is 42.5 Å². The molecule has 30 heavy (non-hydrogen) atoms. The fourth-order valence-electron chi connectivity index (χ4n) is 2.75. The first-order valence-corrected chi connectivity index (χ1v) is 10.7. The van der Waals surface area contributed by atoms with Crippen LogP contribution < -0.4 is 19.5 Å². The molecule has 5 heteroatoms. The number of hydrogen-bond acceptors (Lipinski definition) is 4. The summed E-state index contributed by atoms with van der Waals surface area (Å²) in [5, 5.41) is 2.95. The zero-order chi connectivity index (χ0) is 21.9. The van der Waals surface area contributed by atoms with Gasteiger partial charge in [0.1, 0.15) is 5.75 Å². The molecule has 0 radical (unpaired) electrons. The van der Waals surface area contributed by atoms with Crippen molar-refractivity contribution in [2.24, 2.45) is 11.8 Å². The number of ether oxygens (including phenoxy) is 3. The van der Waals surface area contributed by atoms with Gasteiger partial charge in [0.2, 0.25) is 0 Å². The average Bonchev–Trinajstić information content (AvgIpc) is 2.72. The third-order valence-corrected chi connectivity index (χ3v) is 4.71. The van der Waals surface area contributed by atoms with E-state index >= 15 is 0 Å². The van der Waals surface area contributed by atoms with Gasteiger partial charge in [0.25, 0.3) is 5.91 Å². The Bertz CT molecular complexity index is 784. The number of rotatable bonds is 12. The predicted molar refractivity (Wildman–Crippen MR) is 121 cm³/mol. The van der Waals surface area contributed by atoms with Crippen LogP contribution in [0.2, 0.25) is 0 Å². The Kier molecular flexibility index (Phi) is 9.52. The van der Waals surface area contributed by atoms with Crippen LogP contribution in [0.1, 0.15) is 56.5 Å². The summed E-state index contributed by atoms with van der Waals surface area (Å²) >= 11 is 0. The molecule has 5 nitrogen and oxygen atoms in total. The normalized spacial score (nSPS) is 10.9. The number of nitrogens with one attached hydrogen (secondary N) is 1. The van der Waals surface area contributed by atoms with Crippen molar-refractivity contribution >= 4 is 5.91 Å². The van der Waals surface area contributed by atoms with Crippen molar-refractivity contribution in [1.29, 1.82) is 0 Å². The highest BCUT2D eigenvalue weighted by Crippen LogP contribution is 2.28. The predicted octanol–water partition coefficient (Wildman–Crippen LogP) is 5.48. The van der Waals surface area contributed by atoms with Crippen LogP contribution in [0.25, 0.3) is 0 Å². The van der Waals surface area contributed by atoms with Gasteiger partial charge in [-0.15, -0.1) is 0 Å². The van der Waals surface area contributed by atoms with E-state index in [9.17, 15) is 4.79 Å². The Balaban J connectivity index is 1.87. The number of carbonyl (C=O) groups excluding carboxylic acids is 1. The molecule has 1 N–H and O–H groups in total. The molecule has 0 atom stereocenters. The van der Waals surface area contributed by atoms with Gasteiger partial charge in [0, 0.05) is 12.1 Å². The number of carbonyl (C=O) groups is 1. The smallest absolute Gasteiger partial charge is 0.251 e. The topological polar surface area (TPSA) is 56.8 Å². The van der Waals surface area contributed by atoms with Gasteiger partial charge >= 0.3 is 0 Å². The van der Waals surface area contributed by atoms with Crippen molar-refractivity contribution in [3.05, 3.63) is 53.6 Å². The quantitative estimate of drug-likeness (QED) is 0.501. The molecular formula is C25H35NO4. The van der Waals surface area contributed by atoms with E-state index in [1.54, 1.807) is 19.2 Å². The second-order valence-electron chi connectivity index (χ2n) is 8.25. The SMILES string of the molecule is COc1cc(CNC(=O)c2ccc(OCCC(C)C)cc2)ccc1OCCC(C)C. The van der Waals surface area contributed by atoms with Crippen LogP contribution in [0.5, 0.6) is 17.2 Å². The van der Waals surface area contributed by atoms with Crippen molar-refractivity contribution in [2.75, 3.05) is 20.3 Å². The van der Waals surface area contributed by atoms with Gasteiger partial charge in [-0.2, -0.15) is 0 Å². The number of amides is 1. The molecule has 0 unspecified atom stereocenters. The molecule has 2 aromatic rings. The third-order valence-electron chi connectivity index (χ3n) is 4.71. The molecule has 0 fully saturated rings. The standard InChI is InChI=1S/C25H35NO4/c1-18(2)12-14-29-22-9-7-21(8-10-22)25(27)26-17-20-6-11-23(24(16-20)28-5)30-15-13-19(3)4/h6-11,16,18-19H,12-15,17H2,1-5H3,(H,26,27). The molecule has 1 amide bonds. The summed E-state index contributed by atoms with van der Waals surface area (Å²) in [7, 11) is 1.62. The van der Waals surface area contributed by atoms with E-state index in [0.29, 0.717) is 42.9 Å². The summed E-state index contributed by atoms with van der Waals surface area (Å²) in [6, 6.07) is 13.0. The summed E-state index contributed by atoms with van der Waals surface area (Å²) < 4.78 is 17.0. The maximum Gasteiger partial charge on any atom is 0.251 e. The summed E-state index contributed by atoms with van der Waals surface area (Å²) in [4.78, 5) is 12.5. The van der Waals surface area contributed by atoms with Gasteiger partial charge in [-0.1, -0.05) is 33.8 Å². The maximum absolute atomic E-state index is 12.5. The molecule has 2 rings (SSSR count). The van der Waals surface area contributed by atoms with Crippen molar-refractivity contribution < 1.29 is 19.0 Å². The molecule has 2 aromatic carbocycles. The fourth-order valence-corrected chi connectivity index (χ4v) is 2.75. The first-order chi connectivity index (χ1) is 14.4. The highest BCUT2D eigenvalue weighted by atomic mass is 16.5. The second-order valence-corrected chi connectivity index (χ2v) is 8.25. The first-order valence-electron chi connectivity index (χ1n) is 10.7. The van der Waals surface area contributed by atoms with E-state index in [0.717, 1.165) is 29.9 Å². The first kappa shape index (κ1) is 23.6. The van der Waals surface area contributed by atoms with Gasteiger partial charge in [0.15, 0.2) is 11.5 Å². The van der Waals surface area contributed by atoms with Gasteiger partial charge in [0.05, 0.1) is 20.3 Å². The van der Waals surface area contributed by atoms with Crippen molar-refractivity contribution in [2.45, 2.75) is 47.1 Å². The van der Waals surface area contributed by atoms with E-state index in [1.807, 2.05) is 30.3 Å². The lowest BCUT2D eigenvalue weighted by Crippen LogP contribution is -2.22. The number of hydrogen-bond donors (Lipinski definition) is 1. The Morgan fingerprint density at radius 3 is 2.10 bits per heavy atom. The summed E-state index contributed by atoms with van der Waals surface area (Å²) in [5.41, 5.74) is 1.55. The summed E-state index contributed by atoms with van der Waals surface area (Å²) in [6.07, 6.45) is 2.00. The minimum absolute atomic E-state index is 0.125. The fraction of sp³-hybridized carbons (Fsp3) is 0.480. The highest BCUT2D eigenvalue weighted by Gasteiger charge is 2.09. The molecule has 0 saturated carbocycles. The molecular weight excluding hydrogens is 378 g/mol. The van der Waals surface area contributed by atoms with Crippen molar-refractivity contribution in [3.63, 3.8) is 0 Å². The number of benzene rings is 2. The number of methoxy groups -OCH3 is 1. The molecule has 0 bridgehead atoms. The Labute approximate surface area is 180 Å². The van der Waals surface area contributed by atoms with E-state index in [4.69, 9.17) is 14.2 Å². The lowest BCUT2D eigenvalue weighted by Gasteiger charge is -2.13. The zero-order valence-electron chi connectivity index (χ0n) is 18.9. The lowest BCUT2D eigenvalue weighted by molar-refractivity contribution is 0.0951. The largest absolute Gasteiger partial charge is 0.494 e. The van der Waals surface area contributed by atoms with Crippen molar-refractivity contribution in [1.82, 2.24) is 5.32 Å². The molecule has 0 spiro atoms. The minimum atomic E-state index is -0.125. The minimum Gasteiger partial charge on any atom is -0.494 e. The molecule has 164 valence electrons. The van der Waals surface area contributed by atoms with Gasteiger partial charge < -0.3 is 19.5 Å². The third kappa shape index (κ3) is 7.97. The van der Waals surface area contributed by atoms with Crippen molar-refractivity contribution in [3.8, 4) is 17.2 Å². The second kappa shape index (κ2) is 12.1. The molecule has 0 aliphatic rings. The van der Waals surface area contributed by atoms with Crippen LogP contribution in [0, 0.1) is 11.8 Å². The Hall–Kier alpha value is -2.69. The van der Waals surface area contributed by atoms with E-state index in [-0.39, 0.29) is 5.91 Å². The molecule has 0 saturated heterocycles. The van der Waals surface area contributed by atoms with Crippen LogP contribution >= 0.6 is 0 Å². The Morgan fingerprint density at radius 2 is 1.50 bits per heavy atom.